The van der Waals surface area contributed by atoms with Crippen molar-refractivity contribution in [2.45, 2.75) is 46.0 Å². The van der Waals surface area contributed by atoms with Crippen molar-refractivity contribution in [1.29, 1.82) is 0 Å². The number of halogens is 1. The molecule has 0 bridgehead atoms. The molecule has 0 aliphatic heterocycles. The normalized spacial score (nSPS) is 11.4. The van der Waals surface area contributed by atoms with Gasteiger partial charge in [-0.1, -0.05) is 39.5 Å². The Labute approximate surface area is 120 Å². The van der Waals surface area contributed by atoms with E-state index in [-0.39, 0.29) is 5.82 Å². The molecule has 2 N–H and O–H groups in total. The highest BCUT2D eigenvalue weighted by Crippen LogP contribution is 2.15. The van der Waals surface area contributed by atoms with Crippen molar-refractivity contribution < 1.29 is 4.39 Å². The molecule has 0 aliphatic carbocycles. The Morgan fingerprint density at radius 2 is 2.00 bits per heavy atom. The van der Waals surface area contributed by atoms with Crippen LogP contribution < -0.4 is 5.32 Å². The average Bonchev–Trinajstić information content (AvgIpc) is 2.79. The molecule has 20 heavy (non-hydrogen) atoms. The lowest BCUT2D eigenvalue weighted by Crippen LogP contribution is -2.02. The highest BCUT2D eigenvalue weighted by atomic mass is 19.1. The van der Waals surface area contributed by atoms with Crippen molar-refractivity contribution in [2.75, 3.05) is 11.9 Å². The molecule has 0 spiro atoms. The smallest absolute Gasteiger partial charge is 0.201 e. The number of hydrogen-bond donors (Lipinski definition) is 2. The Morgan fingerprint density at radius 1 is 1.20 bits per heavy atom. The molecule has 0 fully saturated rings. The molecule has 2 aromatic rings. The van der Waals surface area contributed by atoms with Crippen molar-refractivity contribution in [3.63, 3.8) is 0 Å². The molecule has 3 nitrogen and oxygen atoms in total. The monoisotopic (exact) mass is 277 g/mol. The minimum absolute atomic E-state index is 0.238. The van der Waals surface area contributed by atoms with Gasteiger partial charge in [-0.3, -0.25) is 0 Å². The van der Waals surface area contributed by atoms with Gasteiger partial charge in [0.15, 0.2) is 0 Å². The van der Waals surface area contributed by atoms with Gasteiger partial charge < -0.3 is 10.3 Å². The number of aromatic amines is 1. The molecule has 0 saturated heterocycles. The minimum Gasteiger partial charge on any atom is -0.356 e. The quantitative estimate of drug-likeness (QED) is 0.685. The van der Waals surface area contributed by atoms with Crippen LogP contribution in [0.4, 0.5) is 10.3 Å². The summed E-state index contributed by atoms with van der Waals surface area (Å²) in [7, 11) is 0. The van der Waals surface area contributed by atoms with Crippen LogP contribution in [0.5, 0.6) is 0 Å². The van der Waals surface area contributed by atoms with Gasteiger partial charge in [0.2, 0.25) is 5.95 Å². The molecule has 0 atom stereocenters. The molecule has 0 aliphatic rings. The third-order valence-electron chi connectivity index (χ3n) is 3.44. The van der Waals surface area contributed by atoms with Crippen LogP contribution in [0.25, 0.3) is 11.0 Å². The number of rotatable bonds is 8. The van der Waals surface area contributed by atoms with Gasteiger partial charge in [0, 0.05) is 6.54 Å². The fraction of sp³-hybridized carbons (Fsp3) is 0.562. The second-order valence-electron chi connectivity index (χ2n) is 5.77. The van der Waals surface area contributed by atoms with Crippen LogP contribution in [-0.2, 0) is 0 Å². The third-order valence-corrected chi connectivity index (χ3v) is 3.44. The summed E-state index contributed by atoms with van der Waals surface area (Å²) < 4.78 is 13.1. The molecule has 1 aromatic heterocycles. The number of anilines is 1. The van der Waals surface area contributed by atoms with Crippen LogP contribution in [0, 0.1) is 11.7 Å². The van der Waals surface area contributed by atoms with Crippen LogP contribution >= 0.6 is 0 Å². The van der Waals surface area contributed by atoms with Gasteiger partial charge >= 0.3 is 0 Å². The molecule has 0 saturated carbocycles. The highest BCUT2D eigenvalue weighted by Gasteiger charge is 2.03. The van der Waals surface area contributed by atoms with Gasteiger partial charge in [0.25, 0.3) is 0 Å². The number of imidazole rings is 1. The van der Waals surface area contributed by atoms with E-state index >= 15 is 0 Å². The van der Waals surface area contributed by atoms with Crippen LogP contribution in [0.2, 0.25) is 0 Å². The number of unbranched alkanes of at least 4 members (excludes halogenated alkanes) is 3. The largest absolute Gasteiger partial charge is 0.356 e. The Kier molecular flexibility index (Phi) is 5.39. The molecule has 0 unspecified atom stereocenters. The Bertz CT molecular complexity index is 534. The number of benzene rings is 1. The zero-order chi connectivity index (χ0) is 14.4. The second kappa shape index (κ2) is 7.27. The van der Waals surface area contributed by atoms with Crippen LogP contribution in [-0.4, -0.2) is 16.5 Å². The first kappa shape index (κ1) is 14.8. The zero-order valence-corrected chi connectivity index (χ0v) is 12.4. The molecule has 2 rings (SSSR count). The van der Waals surface area contributed by atoms with Gasteiger partial charge in [-0.2, -0.15) is 0 Å². The first-order valence-electron chi connectivity index (χ1n) is 7.54. The first-order chi connectivity index (χ1) is 9.65. The molecule has 4 heteroatoms. The van der Waals surface area contributed by atoms with E-state index in [9.17, 15) is 4.39 Å². The van der Waals surface area contributed by atoms with E-state index < -0.39 is 0 Å². The summed E-state index contributed by atoms with van der Waals surface area (Å²) >= 11 is 0. The molecule has 1 aromatic carbocycles. The third kappa shape index (κ3) is 4.51. The fourth-order valence-electron chi connectivity index (χ4n) is 2.30. The minimum atomic E-state index is -0.238. The van der Waals surface area contributed by atoms with E-state index in [2.05, 4.69) is 29.1 Å². The lowest BCUT2D eigenvalue weighted by Gasteiger charge is -2.05. The molecule has 0 amide bonds. The van der Waals surface area contributed by atoms with Crippen molar-refractivity contribution in [3.8, 4) is 0 Å². The molecular formula is C16H24FN3. The number of H-pyrrole nitrogens is 1. The van der Waals surface area contributed by atoms with Crippen molar-refractivity contribution in [1.82, 2.24) is 9.97 Å². The molecular weight excluding hydrogens is 253 g/mol. The van der Waals surface area contributed by atoms with Gasteiger partial charge in [0.1, 0.15) is 5.82 Å². The number of nitrogens with zero attached hydrogens (tertiary/aromatic N) is 1. The van der Waals surface area contributed by atoms with E-state index in [1.54, 1.807) is 6.07 Å². The second-order valence-corrected chi connectivity index (χ2v) is 5.77. The summed E-state index contributed by atoms with van der Waals surface area (Å²) in [5, 5.41) is 3.26. The maximum atomic E-state index is 13.1. The lowest BCUT2D eigenvalue weighted by atomic mass is 10.0. The maximum Gasteiger partial charge on any atom is 0.201 e. The standard InChI is InChI=1S/C16H24FN3/c1-12(2)7-5-3-4-6-10-18-16-19-14-9-8-13(17)11-15(14)20-16/h8-9,11-12H,3-7,10H2,1-2H3,(H2,18,19,20). The summed E-state index contributed by atoms with van der Waals surface area (Å²) in [5.74, 6) is 1.30. The predicted molar refractivity (Wildman–Crippen MR) is 82.5 cm³/mol. The first-order valence-corrected chi connectivity index (χ1v) is 7.54. The van der Waals surface area contributed by atoms with Gasteiger partial charge in [-0.05, 0) is 30.5 Å². The number of fused-ring (bicyclic) bond motifs is 1. The Hall–Kier alpha value is -1.58. The van der Waals surface area contributed by atoms with Crippen LogP contribution in [0.1, 0.15) is 46.0 Å². The van der Waals surface area contributed by atoms with Gasteiger partial charge in [0.05, 0.1) is 11.0 Å². The zero-order valence-electron chi connectivity index (χ0n) is 12.4. The van der Waals surface area contributed by atoms with E-state index in [0.717, 1.165) is 35.9 Å². The number of aromatic nitrogens is 2. The summed E-state index contributed by atoms with van der Waals surface area (Å²) in [6.45, 7) is 5.45. The molecule has 0 radical (unpaired) electrons. The fourth-order valence-corrected chi connectivity index (χ4v) is 2.30. The van der Waals surface area contributed by atoms with Crippen LogP contribution in [0.15, 0.2) is 18.2 Å². The Balaban J connectivity index is 1.68. The molecule has 110 valence electrons. The number of hydrogen-bond acceptors (Lipinski definition) is 2. The number of nitrogens with one attached hydrogen (secondary N) is 2. The predicted octanol–water partition coefficient (Wildman–Crippen LogP) is 4.72. The van der Waals surface area contributed by atoms with E-state index in [4.69, 9.17) is 0 Å². The topological polar surface area (TPSA) is 40.7 Å². The van der Waals surface area contributed by atoms with E-state index in [1.165, 1.54) is 37.8 Å². The summed E-state index contributed by atoms with van der Waals surface area (Å²) in [4.78, 5) is 7.47. The van der Waals surface area contributed by atoms with Crippen molar-refractivity contribution in [3.05, 3.63) is 24.0 Å². The SMILES string of the molecule is CC(C)CCCCCCNc1nc2ccc(F)cc2[nH]1. The van der Waals surface area contributed by atoms with E-state index in [1.807, 2.05) is 0 Å². The van der Waals surface area contributed by atoms with Crippen molar-refractivity contribution in [2.24, 2.45) is 5.92 Å². The summed E-state index contributed by atoms with van der Waals surface area (Å²) in [5.41, 5.74) is 1.54. The highest BCUT2D eigenvalue weighted by molar-refractivity contribution is 5.77. The van der Waals surface area contributed by atoms with Gasteiger partial charge in [-0.25, -0.2) is 9.37 Å². The maximum absolute atomic E-state index is 13.1. The molecule has 1 heterocycles. The lowest BCUT2D eigenvalue weighted by molar-refractivity contribution is 0.523. The van der Waals surface area contributed by atoms with E-state index in [0.29, 0.717) is 0 Å². The average molecular weight is 277 g/mol. The summed E-state index contributed by atoms with van der Waals surface area (Å²) in [6.07, 6.45) is 6.33. The van der Waals surface area contributed by atoms with Gasteiger partial charge in [-0.15, -0.1) is 0 Å². The Morgan fingerprint density at radius 3 is 2.80 bits per heavy atom. The van der Waals surface area contributed by atoms with Crippen LogP contribution in [0.3, 0.4) is 0 Å². The summed E-state index contributed by atoms with van der Waals surface area (Å²) in [6, 6.07) is 4.60. The van der Waals surface area contributed by atoms with Crippen molar-refractivity contribution >= 4 is 17.0 Å².